The first-order valence-electron chi connectivity index (χ1n) is 7.40. The van der Waals surface area contributed by atoms with Crippen molar-refractivity contribution >= 4 is 23.6 Å². The van der Waals surface area contributed by atoms with Gasteiger partial charge in [0.25, 0.3) is 5.91 Å². The van der Waals surface area contributed by atoms with Gasteiger partial charge >= 0.3 is 5.97 Å². The highest BCUT2D eigenvalue weighted by atomic mass is 32.2. The van der Waals surface area contributed by atoms with E-state index < -0.39 is 12.1 Å². The van der Waals surface area contributed by atoms with Crippen molar-refractivity contribution in [3.8, 4) is 0 Å². The number of aliphatic carboxylic acids is 1. The number of carbonyl (C=O) groups is 2. The van der Waals surface area contributed by atoms with Crippen molar-refractivity contribution in [2.75, 3.05) is 24.7 Å². The monoisotopic (exact) mass is 323 g/mol. The Hall–Kier alpha value is -1.53. The summed E-state index contributed by atoms with van der Waals surface area (Å²) in [6.07, 6.45) is -0.683. The second-order valence-electron chi connectivity index (χ2n) is 5.10. The van der Waals surface area contributed by atoms with Crippen LogP contribution in [0.25, 0.3) is 0 Å². The van der Waals surface area contributed by atoms with Crippen LogP contribution in [-0.4, -0.2) is 52.6 Å². The van der Waals surface area contributed by atoms with Gasteiger partial charge in [0.05, 0.1) is 12.5 Å². The first-order valence-corrected chi connectivity index (χ1v) is 8.55. The molecule has 0 bridgehead atoms. The highest BCUT2D eigenvalue weighted by Crippen LogP contribution is 2.26. The topological polar surface area (TPSA) is 66.8 Å². The Balaban J connectivity index is 2.19. The molecule has 1 fully saturated rings. The molecule has 1 aliphatic rings. The first kappa shape index (κ1) is 16.8. The van der Waals surface area contributed by atoms with Gasteiger partial charge in [-0.15, -0.1) is 0 Å². The van der Waals surface area contributed by atoms with Crippen LogP contribution in [0.2, 0.25) is 0 Å². The lowest BCUT2D eigenvalue weighted by molar-refractivity contribution is -0.148. The van der Waals surface area contributed by atoms with E-state index in [1.165, 1.54) is 0 Å². The number of amides is 1. The number of ether oxygens (including phenoxy) is 1. The standard InChI is InChI=1S/C16H21NO4S/c1-2-21-15(12-6-4-3-5-7-12)16(20)17-8-9-22-11-13(17)10-14(18)19/h3-7,13,15H,2,8-11H2,1H3,(H,18,19). The van der Waals surface area contributed by atoms with Gasteiger partial charge in [-0.1, -0.05) is 30.3 Å². The van der Waals surface area contributed by atoms with E-state index in [0.29, 0.717) is 18.9 Å². The van der Waals surface area contributed by atoms with Crippen LogP contribution in [-0.2, 0) is 14.3 Å². The average molecular weight is 323 g/mol. The Bertz CT molecular complexity index is 508. The van der Waals surface area contributed by atoms with Crippen LogP contribution >= 0.6 is 11.8 Å². The zero-order chi connectivity index (χ0) is 15.9. The van der Waals surface area contributed by atoms with Crippen LogP contribution in [0.3, 0.4) is 0 Å². The Morgan fingerprint density at radius 2 is 2.14 bits per heavy atom. The number of thioether (sulfide) groups is 1. The lowest BCUT2D eigenvalue weighted by atomic mass is 10.1. The zero-order valence-electron chi connectivity index (χ0n) is 12.6. The Labute approximate surface area is 134 Å². The van der Waals surface area contributed by atoms with Crippen LogP contribution in [0.5, 0.6) is 0 Å². The van der Waals surface area contributed by atoms with E-state index in [9.17, 15) is 9.59 Å². The van der Waals surface area contributed by atoms with Crippen molar-refractivity contribution in [3.63, 3.8) is 0 Å². The molecule has 2 atom stereocenters. The third kappa shape index (κ3) is 4.24. The molecule has 0 aromatic heterocycles. The van der Waals surface area contributed by atoms with Crippen LogP contribution in [0.4, 0.5) is 0 Å². The predicted octanol–water partition coefficient (Wildman–Crippen LogP) is 2.18. The molecule has 0 saturated carbocycles. The molecule has 0 aliphatic carbocycles. The molecule has 1 N–H and O–H groups in total. The molecular formula is C16H21NO4S. The van der Waals surface area contributed by atoms with Gasteiger partial charge in [-0.3, -0.25) is 9.59 Å². The second kappa shape index (κ2) is 8.19. The third-order valence-corrected chi connectivity index (χ3v) is 4.67. The summed E-state index contributed by atoms with van der Waals surface area (Å²) in [7, 11) is 0. The Kier molecular flexibility index (Phi) is 6.27. The second-order valence-corrected chi connectivity index (χ2v) is 6.25. The number of carboxylic acid groups (broad SMARTS) is 1. The van der Waals surface area contributed by atoms with E-state index in [1.807, 2.05) is 37.3 Å². The molecule has 6 heteroatoms. The van der Waals surface area contributed by atoms with Gasteiger partial charge in [0, 0.05) is 24.7 Å². The van der Waals surface area contributed by atoms with E-state index in [-0.39, 0.29) is 18.4 Å². The summed E-state index contributed by atoms with van der Waals surface area (Å²) in [6, 6.07) is 9.09. The quantitative estimate of drug-likeness (QED) is 0.869. The summed E-state index contributed by atoms with van der Waals surface area (Å²) in [4.78, 5) is 25.6. The fraction of sp³-hybridized carbons (Fsp3) is 0.500. The molecule has 22 heavy (non-hydrogen) atoms. The number of carboxylic acids is 1. The molecule has 0 radical (unpaired) electrons. The van der Waals surface area contributed by atoms with Gasteiger partial charge in [-0.05, 0) is 12.5 Å². The van der Waals surface area contributed by atoms with E-state index in [2.05, 4.69) is 0 Å². The Morgan fingerprint density at radius 1 is 1.41 bits per heavy atom. The summed E-state index contributed by atoms with van der Waals surface area (Å²) in [5.74, 6) is 0.471. The molecular weight excluding hydrogens is 302 g/mol. The third-order valence-electron chi connectivity index (χ3n) is 3.58. The lowest BCUT2D eigenvalue weighted by Gasteiger charge is -2.36. The molecule has 1 heterocycles. The summed E-state index contributed by atoms with van der Waals surface area (Å²) >= 11 is 1.69. The van der Waals surface area contributed by atoms with Crippen LogP contribution in [0.15, 0.2) is 30.3 Å². The van der Waals surface area contributed by atoms with E-state index in [1.54, 1.807) is 16.7 Å². The van der Waals surface area contributed by atoms with Gasteiger partial charge < -0.3 is 14.7 Å². The number of rotatable bonds is 6. The molecule has 0 spiro atoms. The van der Waals surface area contributed by atoms with Crippen molar-refractivity contribution in [2.45, 2.75) is 25.5 Å². The normalized spacial score (nSPS) is 19.7. The van der Waals surface area contributed by atoms with Crippen LogP contribution in [0.1, 0.15) is 25.0 Å². The fourth-order valence-corrected chi connectivity index (χ4v) is 3.63. The van der Waals surface area contributed by atoms with E-state index in [4.69, 9.17) is 9.84 Å². The SMILES string of the molecule is CCOC(C(=O)N1CCSCC1CC(=O)O)c1ccccc1. The highest BCUT2D eigenvalue weighted by molar-refractivity contribution is 7.99. The molecule has 1 aromatic rings. The minimum Gasteiger partial charge on any atom is -0.481 e. The summed E-state index contributed by atoms with van der Waals surface area (Å²) in [6.45, 7) is 2.85. The fourth-order valence-electron chi connectivity index (χ4n) is 2.57. The number of hydrogen-bond donors (Lipinski definition) is 1. The van der Waals surface area contributed by atoms with Gasteiger partial charge in [0.2, 0.25) is 0 Å². The first-order chi connectivity index (χ1) is 10.6. The average Bonchev–Trinajstić information content (AvgIpc) is 2.53. The summed E-state index contributed by atoms with van der Waals surface area (Å²) in [5.41, 5.74) is 0.807. The van der Waals surface area contributed by atoms with Gasteiger partial charge in [-0.25, -0.2) is 0 Å². The van der Waals surface area contributed by atoms with Gasteiger partial charge in [-0.2, -0.15) is 11.8 Å². The minimum absolute atomic E-state index is 0.0215. The number of nitrogens with zero attached hydrogens (tertiary/aromatic N) is 1. The zero-order valence-corrected chi connectivity index (χ0v) is 13.4. The molecule has 1 amide bonds. The molecule has 1 saturated heterocycles. The maximum absolute atomic E-state index is 12.9. The molecule has 2 unspecified atom stereocenters. The van der Waals surface area contributed by atoms with Crippen molar-refractivity contribution in [1.82, 2.24) is 4.90 Å². The van der Waals surface area contributed by atoms with Gasteiger partial charge in [0.1, 0.15) is 0 Å². The predicted molar refractivity (Wildman–Crippen MR) is 85.9 cm³/mol. The van der Waals surface area contributed by atoms with Gasteiger partial charge in [0.15, 0.2) is 6.10 Å². The number of hydrogen-bond acceptors (Lipinski definition) is 4. The summed E-state index contributed by atoms with van der Waals surface area (Å²) < 4.78 is 5.65. The maximum atomic E-state index is 12.9. The molecule has 1 aliphatic heterocycles. The molecule has 5 nitrogen and oxygen atoms in total. The largest absolute Gasteiger partial charge is 0.481 e. The van der Waals surface area contributed by atoms with Crippen molar-refractivity contribution in [3.05, 3.63) is 35.9 Å². The minimum atomic E-state index is -0.877. The van der Waals surface area contributed by atoms with Crippen LogP contribution < -0.4 is 0 Å². The molecule has 2 rings (SSSR count). The number of benzene rings is 1. The van der Waals surface area contributed by atoms with Crippen molar-refractivity contribution in [2.24, 2.45) is 0 Å². The molecule has 120 valence electrons. The van der Waals surface area contributed by atoms with Crippen molar-refractivity contribution in [1.29, 1.82) is 0 Å². The van der Waals surface area contributed by atoms with E-state index >= 15 is 0 Å². The molecule has 1 aromatic carbocycles. The number of carbonyl (C=O) groups excluding carboxylic acids is 1. The highest BCUT2D eigenvalue weighted by Gasteiger charge is 2.34. The van der Waals surface area contributed by atoms with Crippen molar-refractivity contribution < 1.29 is 19.4 Å². The maximum Gasteiger partial charge on any atom is 0.305 e. The Morgan fingerprint density at radius 3 is 2.77 bits per heavy atom. The smallest absolute Gasteiger partial charge is 0.305 e. The summed E-state index contributed by atoms with van der Waals surface area (Å²) in [5, 5.41) is 9.05. The van der Waals surface area contributed by atoms with Crippen LogP contribution in [0, 0.1) is 0 Å². The van der Waals surface area contributed by atoms with E-state index in [0.717, 1.165) is 11.3 Å². The lowest BCUT2D eigenvalue weighted by Crippen LogP contribution is -2.49.